The van der Waals surface area contributed by atoms with Crippen molar-refractivity contribution in [2.45, 2.75) is 91.0 Å². The molecule has 1 unspecified atom stereocenters. The quantitative estimate of drug-likeness (QED) is 0.105. The molecule has 0 aromatic carbocycles. The van der Waals surface area contributed by atoms with E-state index in [0.717, 1.165) is 63.9 Å². The van der Waals surface area contributed by atoms with Crippen LogP contribution in [0.5, 0.6) is 0 Å². The molecule has 0 amide bonds. The van der Waals surface area contributed by atoms with Crippen LogP contribution in [0.2, 0.25) is 0 Å². The van der Waals surface area contributed by atoms with Crippen LogP contribution in [0.1, 0.15) is 85.0 Å². The van der Waals surface area contributed by atoms with Crippen molar-refractivity contribution in [3.63, 3.8) is 0 Å². The maximum absolute atomic E-state index is 12.1. The third kappa shape index (κ3) is 13.2. The Labute approximate surface area is 167 Å². The molecular weight excluding hydrogens is 363 g/mol. The lowest BCUT2D eigenvalue weighted by Gasteiger charge is -2.32. The molecule has 0 radical (unpaired) electrons. The minimum atomic E-state index is -2.02. The Bertz CT molecular complexity index is 380. The minimum Gasteiger partial charge on any atom is -0.327 e. The number of hydrogen-bond donors (Lipinski definition) is 0. The van der Waals surface area contributed by atoms with E-state index >= 15 is 0 Å². The maximum Gasteiger partial charge on any atom is 0.419 e. The predicted octanol–water partition coefficient (Wildman–Crippen LogP) is 6.19. The lowest BCUT2D eigenvalue weighted by Crippen LogP contribution is -2.41. The van der Waals surface area contributed by atoms with Crippen LogP contribution < -0.4 is 0 Å². The largest absolute Gasteiger partial charge is 0.419 e. The summed E-state index contributed by atoms with van der Waals surface area (Å²) in [5.74, 6) is -1.21. The lowest BCUT2D eigenvalue weighted by molar-refractivity contribution is -0.381. The Kier molecular flexibility index (Phi) is 17.1. The third-order valence-electron chi connectivity index (χ3n) is 4.25. The lowest BCUT2D eigenvalue weighted by atomic mass is 10.2. The van der Waals surface area contributed by atoms with E-state index in [1.165, 1.54) is 0 Å². The second kappa shape index (κ2) is 17.5. The average molecular weight is 404 g/mol. The predicted molar refractivity (Wildman–Crippen MR) is 111 cm³/mol. The molecule has 0 aliphatic rings. The van der Waals surface area contributed by atoms with E-state index in [0.29, 0.717) is 19.8 Å². The molecule has 0 aliphatic heterocycles. The summed E-state index contributed by atoms with van der Waals surface area (Å²) in [5.41, 5.74) is -0.429. The van der Waals surface area contributed by atoms with Gasteiger partial charge in [0.1, 0.15) is 0 Å². The van der Waals surface area contributed by atoms with Gasteiger partial charge in [-0.3, -0.25) is 0 Å². The van der Waals surface area contributed by atoms with Crippen LogP contribution in [0.4, 0.5) is 0 Å². The van der Waals surface area contributed by atoms with Crippen molar-refractivity contribution >= 4 is 13.3 Å². The number of allylic oxidation sites excluding steroid dienone is 1. The zero-order valence-corrected chi connectivity index (χ0v) is 18.6. The van der Waals surface area contributed by atoms with Crippen LogP contribution in [0.25, 0.3) is 0 Å². The highest BCUT2D eigenvalue weighted by molar-refractivity contribution is 7.64. The Morgan fingerprint density at radius 2 is 1.26 bits per heavy atom. The number of carbonyl (C=O) groups is 1. The highest BCUT2D eigenvalue weighted by Gasteiger charge is 2.38. The van der Waals surface area contributed by atoms with Crippen LogP contribution in [-0.4, -0.2) is 37.5 Å². The zero-order chi connectivity index (χ0) is 20.4. The minimum absolute atomic E-state index is 0.176. The van der Waals surface area contributed by atoms with Gasteiger partial charge in [-0.25, -0.2) is 4.79 Å². The molecule has 0 aromatic heterocycles. The maximum atomic E-state index is 12.1. The van der Waals surface area contributed by atoms with Gasteiger partial charge >= 0.3 is 13.3 Å². The van der Waals surface area contributed by atoms with Crippen molar-refractivity contribution in [2.24, 2.45) is 0 Å². The number of carbonyl (C=O) groups excluding carboxylic acids is 1. The Balaban J connectivity index is 4.98. The van der Waals surface area contributed by atoms with Gasteiger partial charge in [0, 0.05) is 6.08 Å². The van der Waals surface area contributed by atoms with Crippen LogP contribution in [0, 0.1) is 0 Å². The topological polar surface area (TPSA) is 61.8 Å². The Hall–Kier alpha value is -0.610. The van der Waals surface area contributed by atoms with E-state index in [9.17, 15) is 9.36 Å². The summed E-state index contributed by atoms with van der Waals surface area (Å²) in [6.45, 7) is 11.4. The molecule has 0 bridgehead atoms. The van der Waals surface area contributed by atoms with Crippen molar-refractivity contribution in [3.8, 4) is 0 Å². The van der Waals surface area contributed by atoms with Crippen LogP contribution in [-0.2, 0) is 23.6 Å². The molecule has 0 saturated carbocycles. The van der Waals surface area contributed by atoms with E-state index < -0.39 is 19.3 Å². The molecule has 0 saturated heterocycles. The number of rotatable bonds is 20. The molecule has 27 heavy (non-hydrogen) atoms. The van der Waals surface area contributed by atoms with Crippen molar-refractivity contribution in [1.82, 2.24) is 0 Å². The van der Waals surface area contributed by atoms with Gasteiger partial charge in [-0.2, -0.15) is 0 Å². The molecule has 0 fully saturated rings. The van der Waals surface area contributed by atoms with Gasteiger partial charge in [-0.05, 0) is 19.3 Å². The summed E-state index contributed by atoms with van der Waals surface area (Å²) < 4.78 is 30.2. The standard InChI is InChI=1S/C21H40O5P/c1-5-9-12-16-24-21(25-17-13-10-6-2,26-18-14-11-7-3)15-19-27(23)20(22)8-4/h8H,4-7,9-19H2,1-3H3/q+1. The van der Waals surface area contributed by atoms with E-state index in [1.807, 2.05) is 0 Å². The van der Waals surface area contributed by atoms with Crippen molar-refractivity contribution in [3.05, 3.63) is 12.7 Å². The fourth-order valence-corrected chi connectivity index (χ4v) is 3.43. The third-order valence-corrected chi connectivity index (χ3v) is 5.56. The molecular formula is C21H40O5P+. The highest BCUT2D eigenvalue weighted by atomic mass is 31.1. The van der Waals surface area contributed by atoms with E-state index in [2.05, 4.69) is 27.4 Å². The Morgan fingerprint density at radius 3 is 1.59 bits per heavy atom. The van der Waals surface area contributed by atoms with Crippen LogP contribution >= 0.6 is 7.80 Å². The molecule has 0 rings (SSSR count). The number of ether oxygens (including phenoxy) is 3. The first-order chi connectivity index (χ1) is 13.0. The second-order valence-corrected chi connectivity index (χ2v) is 8.39. The summed E-state index contributed by atoms with van der Waals surface area (Å²) in [4.78, 5) is 11.6. The van der Waals surface area contributed by atoms with Gasteiger partial charge < -0.3 is 14.2 Å². The first-order valence-corrected chi connectivity index (χ1v) is 12.0. The van der Waals surface area contributed by atoms with Gasteiger partial charge in [0.25, 0.3) is 5.97 Å². The summed E-state index contributed by atoms with van der Waals surface area (Å²) in [7, 11) is -2.02. The first kappa shape index (κ1) is 26.4. The highest BCUT2D eigenvalue weighted by Crippen LogP contribution is 2.31. The van der Waals surface area contributed by atoms with Gasteiger partial charge in [0.15, 0.2) is 6.16 Å². The summed E-state index contributed by atoms with van der Waals surface area (Å²) >= 11 is 0. The average Bonchev–Trinajstić information content (AvgIpc) is 2.69. The summed E-state index contributed by atoms with van der Waals surface area (Å²) in [6.07, 6.45) is 10.9. The molecule has 5 nitrogen and oxygen atoms in total. The van der Waals surface area contributed by atoms with E-state index in [1.54, 1.807) is 0 Å². The number of unbranched alkanes of at least 4 members (excludes halogenated alkanes) is 6. The van der Waals surface area contributed by atoms with Gasteiger partial charge in [-0.1, -0.05) is 70.4 Å². The van der Waals surface area contributed by atoms with Gasteiger partial charge in [-0.15, -0.1) is 0 Å². The first-order valence-electron chi connectivity index (χ1n) is 10.6. The fraction of sp³-hybridized carbons (Fsp3) is 0.857. The van der Waals surface area contributed by atoms with Gasteiger partial charge in [0.2, 0.25) is 0 Å². The van der Waals surface area contributed by atoms with E-state index in [-0.39, 0.29) is 12.6 Å². The molecule has 6 heteroatoms. The normalized spacial score (nSPS) is 12.2. The molecule has 1 atom stereocenters. The second-order valence-electron chi connectivity index (χ2n) is 6.74. The molecule has 158 valence electrons. The SMILES string of the molecule is C=CC(=O)[P+](=O)CCC(OCCCCC)(OCCCCC)OCCCCC. The molecule has 0 aromatic rings. The number of hydrogen-bond acceptors (Lipinski definition) is 5. The molecule has 0 spiro atoms. The molecule has 0 N–H and O–H groups in total. The summed E-state index contributed by atoms with van der Waals surface area (Å²) in [6, 6.07) is 0. The van der Waals surface area contributed by atoms with Crippen LogP contribution in [0.3, 0.4) is 0 Å². The van der Waals surface area contributed by atoms with Crippen molar-refractivity contribution < 1.29 is 23.6 Å². The smallest absolute Gasteiger partial charge is 0.327 e. The van der Waals surface area contributed by atoms with Crippen molar-refractivity contribution in [1.29, 1.82) is 0 Å². The Morgan fingerprint density at radius 1 is 0.852 bits per heavy atom. The van der Waals surface area contributed by atoms with E-state index in [4.69, 9.17) is 14.2 Å². The van der Waals surface area contributed by atoms with Gasteiger partial charge in [0.05, 0.1) is 26.2 Å². The fourth-order valence-electron chi connectivity index (χ4n) is 2.53. The summed E-state index contributed by atoms with van der Waals surface area (Å²) in [5, 5.41) is 0. The van der Waals surface area contributed by atoms with Crippen molar-refractivity contribution in [2.75, 3.05) is 26.0 Å². The molecule has 0 heterocycles. The molecule has 0 aliphatic carbocycles. The zero-order valence-electron chi connectivity index (χ0n) is 17.7. The van der Waals surface area contributed by atoms with Crippen LogP contribution in [0.15, 0.2) is 12.7 Å². The monoisotopic (exact) mass is 403 g/mol.